The van der Waals surface area contributed by atoms with Crippen LogP contribution in [0.4, 0.5) is 5.69 Å². The maximum Gasteiger partial charge on any atom is 0.397 e. The van der Waals surface area contributed by atoms with Crippen molar-refractivity contribution < 1.29 is 22.1 Å². The normalized spacial score (nSPS) is 11.8. The van der Waals surface area contributed by atoms with Gasteiger partial charge in [0.25, 0.3) is 5.69 Å². The molecular weight excluding hydrogens is 410 g/mol. The molecule has 0 aliphatic carbocycles. The van der Waals surface area contributed by atoms with Crippen LogP contribution in [0.15, 0.2) is 40.4 Å². The summed E-state index contributed by atoms with van der Waals surface area (Å²) in [7, 11) is -4.56. The summed E-state index contributed by atoms with van der Waals surface area (Å²) < 4.78 is 36.4. The number of aryl methyl sites for hydroxylation is 1. The summed E-state index contributed by atoms with van der Waals surface area (Å²) in [6.45, 7) is -0.282. The van der Waals surface area contributed by atoms with Gasteiger partial charge in [-0.2, -0.15) is 8.42 Å². The van der Waals surface area contributed by atoms with E-state index in [-0.39, 0.29) is 48.4 Å². The van der Waals surface area contributed by atoms with Crippen molar-refractivity contribution in [3.63, 3.8) is 0 Å². The Bertz CT molecular complexity index is 1280. The molecule has 14 heteroatoms. The third kappa shape index (κ3) is 4.56. The zero-order valence-corrected chi connectivity index (χ0v) is 15.5. The number of fused-ring (bicyclic) bond motifs is 1. The highest BCUT2D eigenvalue weighted by atomic mass is 32.3. The molecule has 0 unspecified atom stereocenters. The Morgan fingerprint density at radius 1 is 1.28 bits per heavy atom. The third-order valence-electron chi connectivity index (χ3n) is 4.06. The van der Waals surface area contributed by atoms with E-state index >= 15 is 0 Å². The molecule has 2 aromatic heterocycles. The molecule has 0 bridgehead atoms. The molecule has 1 aromatic carbocycles. The van der Waals surface area contributed by atoms with Crippen LogP contribution < -0.4 is 11.1 Å². The number of H-pyrrole nitrogens is 1. The highest BCUT2D eigenvalue weighted by Crippen LogP contribution is 2.27. The van der Waals surface area contributed by atoms with Crippen molar-refractivity contribution in [1.82, 2.24) is 19.1 Å². The maximum absolute atomic E-state index is 12.3. The number of nitro benzene ring substituents is 1. The smallest absolute Gasteiger partial charge is 0.316 e. The van der Waals surface area contributed by atoms with Gasteiger partial charge in [0.1, 0.15) is 5.69 Å². The number of benzene rings is 1. The van der Waals surface area contributed by atoms with E-state index in [0.717, 1.165) is 10.6 Å². The molecule has 0 spiro atoms. The number of aromatic amines is 1. The predicted octanol–water partition coefficient (Wildman–Crippen LogP) is 0.383. The van der Waals surface area contributed by atoms with E-state index in [1.165, 1.54) is 29.4 Å². The Morgan fingerprint density at radius 3 is 2.66 bits per heavy atom. The van der Waals surface area contributed by atoms with Crippen LogP contribution in [0.5, 0.6) is 0 Å². The molecular formula is C15H15N5O8S. The van der Waals surface area contributed by atoms with Crippen molar-refractivity contribution in [3.8, 4) is 5.69 Å². The predicted molar refractivity (Wildman–Crippen MR) is 99.3 cm³/mol. The number of hydrogen-bond acceptors (Lipinski definition) is 8. The molecule has 2 N–H and O–H groups in total. The summed E-state index contributed by atoms with van der Waals surface area (Å²) in [4.78, 5) is 41.3. The summed E-state index contributed by atoms with van der Waals surface area (Å²) in [6.07, 6.45) is 4.69. The van der Waals surface area contributed by atoms with Crippen LogP contribution in [0.2, 0.25) is 0 Å². The zero-order chi connectivity index (χ0) is 21.2. The first-order valence-corrected chi connectivity index (χ1v) is 9.59. The molecule has 0 saturated carbocycles. The lowest BCUT2D eigenvalue weighted by Gasteiger charge is -2.12. The average Bonchev–Trinajstić information content (AvgIpc) is 3.17. The van der Waals surface area contributed by atoms with Gasteiger partial charge < -0.3 is 14.1 Å². The van der Waals surface area contributed by atoms with Gasteiger partial charge in [-0.15, -0.1) is 0 Å². The van der Waals surface area contributed by atoms with Gasteiger partial charge in [-0.05, 0) is 18.9 Å². The molecule has 0 fully saturated rings. The number of rotatable bonds is 8. The van der Waals surface area contributed by atoms with Gasteiger partial charge in [-0.3, -0.25) is 24.3 Å². The molecule has 3 aromatic rings. The van der Waals surface area contributed by atoms with E-state index < -0.39 is 26.4 Å². The molecule has 29 heavy (non-hydrogen) atoms. The molecule has 13 nitrogen and oxygen atoms in total. The third-order valence-corrected chi connectivity index (χ3v) is 4.52. The van der Waals surface area contributed by atoms with Crippen LogP contribution in [-0.2, 0) is 21.1 Å². The van der Waals surface area contributed by atoms with Crippen molar-refractivity contribution in [2.45, 2.75) is 19.4 Å². The van der Waals surface area contributed by atoms with Crippen molar-refractivity contribution in [2.24, 2.45) is 0 Å². The topological polar surface area (TPSA) is 179 Å². The van der Waals surface area contributed by atoms with Crippen LogP contribution in [0.3, 0.4) is 0 Å². The van der Waals surface area contributed by atoms with Crippen LogP contribution in [-0.4, -0.2) is 43.6 Å². The minimum absolute atomic E-state index is 0.0231. The SMILES string of the molecule is O=c1[nH]c2cc([N+](=O)[O-])c(-n3ccnc3)cc2n(CCCCOS(=O)(=O)O)c1=O. The fourth-order valence-corrected chi connectivity index (χ4v) is 3.14. The van der Waals surface area contributed by atoms with Gasteiger partial charge in [0.15, 0.2) is 0 Å². The quantitative estimate of drug-likeness (QED) is 0.170. The fourth-order valence-electron chi connectivity index (χ4n) is 2.81. The van der Waals surface area contributed by atoms with E-state index in [0.29, 0.717) is 0 Å². The Balaban J connectivity index is 2.03. The number of nitrogens with one attached hydrogen (secondary N) is 1. The lowest BCUT2D eigenvalue weighted by molar-refractivity contribution is -0.384. The maximum atomic E-state index is 12.3. The lowest BCUT2D eigenvalue weighted by atomic mass is 10.2. The number of imidazole rings is 1. The van der Waals surface area contributed by atoms with E-state index in [1.807, 2.05) is 0 Å². The molecule has 0 saturated heterocycles. The first-order chi connectivity index (χ1) is 13.7. The van der Waals surface area contributed by atoms with Gasteiger partial charge in [-0.25, -0.2) is 9.17 Å². The largest absolute Gasteiger partial charge is 0.397 e. The zero-order valence-electron chi connectivity index (χ0n) is 14.7. The van der Waals surface area contributed by atoms with Gasteiger partial charge >= 0.3 is 21.5 Å². The molecule has 0 aliphatic heterocycles. The van der Waals surface area contributed by atoms with Gasteiger partial charge in [0, 0.05) is 25.0 Å². The second-order valence-corrected chi connectivity index (χ2v) is 7.04. The Hall–Kier alpha value is -3.36. The average molecular weight is 425 g/mol. The summed E-state index contributed by atoms with van der Waals surface area (Å²) in [5, 5.41) is 11.5. The number of nitro groups is 1. The monoisotopic (exact) mass is 425 g/mol. The highest BCUT2D eigenvalue weighted by molar-refractivity contribution is 7.80. The molecule has 0 aliphatic rings. The van der Waals surface area contributed by atoms with E-state index in [2.05, 4.69) is 14.2 Å². The van der Waals surface area contributed by atoms with Gasteiger partial charge in [0.05, 0.1) is 28.9 Å². The van der Waals surface area contributed by atoms with Crippen molar-refractivity contribution in [1.29, 1.82) is 0 Å². The number of unbranched alkanes of at least 4 members (excludes halogenated alkanes) is 1. The summed E-state index contributed by atoms with van der Waals surface area (Å²) in [5.41, 5.74) is -1.61. The molecule has 0 amide bonds. The van der Waals surface area contributed by atoms with Crippen molar-refractivity contribution >= 4 is 27.1 Å². The molecule has 154 valence electrons. The molecule has 0 atom stereocenters. The second-order valence-electron chi connectivity index (χ2n) is 5.95. The Morgan fingerprint density at radius 2 is 2.03 bits per heavy atom. The molecule has 3 rings (SSSR count). The van der Waals surface area contributed by atoms with Crippen LogP contribution in [0.25, 0.3) is 16.7 Å². The first-order valence-electron chi connectivity index (χ1n) is 8.23. The first kappa shape index (κ1) is 20.4. The Kier molecular flexibility index (Phi) is 5.58. The number of nitrogens with zero attached hydrogens (tertiary/aromatic N) is 4. The second kappa shape index (κ2) is 7.94. The van der Waals surface area contributed by atoms with Crippen molar-refractivity contribution in [3.05, 3.63) is 61.7 Å². The van der Waals surface area contributed by atoms with Crippen molar-refractivity contribution in [2.75, 3.05) is 6.61 Å². The van der Waals surface area contributed by atoms with E-state index in [9.17, 15) is 28.1 Å². The van der Waals surface area contributed by atoms with Crippen LogP contribution >= 0.6 is 0 Å². The minimum Gasteiger partial charge on any atom is -0.316 e. The molecule has 0 radical (unpaired) electrons. The number of hydrogen-bond donors (Lipinski definition) is 2. The summed E-state index contributed by atoms with van der Waals surface area (Å²) in [6, 6.07) is 2.55. The molecule has 2 heterocycles. The number of aromatic nitrogens is 4. The van der Waals surface area contributed by atoms with Crippen LogP contribution in [0.1, 0.15) is 12.8 Å². The summed E-state index contributed by atoms with van der Waals surface area (Å²) >= 11 is 0. The summed E-state index contributed by atoms with van der Waals surface area (Å²) in [5.74, 6) is 0. The lowest BCUT2D eigenvalue weighted by Crippen LogP contribution is -2.36. The standard InChI is InChI=1S/C15H15N5O8S/c21-14-15(22)19(4-1-2-6-28-29(25,26)27)11-8-12(18-5-3-16-9-18)13(20(23)24)7-10(11)17-14/h3,5,7-9H,1-2,4,6H2,(H,17,21)(H,25,26,27). The fraction of sp³-hybridized carbons (Fsp3) is 0.267. The van der Waals surface area contributed by atoms with Gasteiger partial charge in [0.2, 0.25) is 0 Å². The highest BCUT2D eigenvalue weighted by Gasteiger charge is 2.19. The van der Waals surface area contributed by atoms with E-state index in [1.54, 1.807) is 0 Å². The Labute approximate surface area is 162 Å². The van der Waals surface area contributed by atoms with Crippen LogP contribution in [0, 0.1) is 10.1 Å². The van der Waals surface area contributed by atoms with Gasteiger partial charge in [-0.1, -0.05) is 0 Å². The van der Waals surface area contributed by atoms with E-state index in [4.69, 9.17) is 4.55 Å². The minimum atomic E-state index is -4.56.